The summed E-state index contributed by atoms with van der Waals surface area (Å²) in [6, 6.07) is 14.5. The van der Waals surface area contributed by atoms with Gasteiger partial charge < -0.3 is 5.32 Å². The number of nitrogens with zero attached hydrogens (tertiary/aromatic N) is 3. The Kier molecular flexibility index (Phi) is 4.90. The first-order valence-corrected chi connectivity index (χ1v) is 9.05. The molecule has 2 heterocycles. The number of nitrogens with one attached hydrogen (secondary N) is 1. The lowest BCUT2D eigenvalue weighted by molar-refractivity contribution is -0.139. The van der Waals surface area contributed by atoms with Crippen LogP contribution in [-0.2, 0) is 16.1 Å². The largest absolute Gasteiger partial charge is 0.321 e. The molecule has 1 aromatic heterocycles. The standard InChI is InChI=1S/C21H17FN4O3/c22-16-3-1-2-4-18(16)26-12-11-17(24-26)21(29)23-15-7-5-14(6-8-15)13-25-19(27)9-10-20(25)28/h1-8,11-12H,9-10,13H2,(H,23,29). The van der Waals surface area contributed by atoms with Crippen LogP contribution >= 0.6 is 0 Å². The van der Waals surface area contributed by atoms with Crippen molar-refractivity contribution in [2.45, 2.75) is 19.4 Å². The first-order chi connectivity index (χ1) is 14.0. The van der Waals surface area contributed by atoms with E-state index in [0.717, 1.165) is 5.56 Å². The second kappa shape index (κ2) is 7.67. The minimum Gasteiger partial charge on any atom is -0.321 e. The van der Waals surface area contributed by atoms with Crippen LogP contribution in [0.4, 0.5) is 10.1 Å². The number of likely N-dealkylation sites (tertiary alicyclic amines) is 1. The molecule has 8 heteroatoms. The van der Waals surface area contributed by atoms with Crippen molar-refractivity contribution in [3.8, 4) is 5.69 Å². The molecule has 146 valence electrons. The first kappa shape index (κ1) is 18.5. The average molecular weight is 392 g/mol. The molecule has 3 amide bonds. The van der Waals surface area contributed by atoms with E-state index < -0.39 is 11.7 Å². The molecule has 0 bridgehead atoms. The average Bonchev–Trinajstić information content (AvgIpc) is 3.32. The van der Waals surface area contributed by atoms with E-state index in [4.69, 9.17) is 0 Å². The van der Waals surface area contributed by atoms with Gasteiger partial charge in [0.1, 0.15) is 11.5 Å². The molecule has 0 radical (unpaired) electrons. The summed E-state index contributed by atoms with van der Waals surface area (Å²) < 4.78 is 15.2. The molecule has 7 nitrogen and oxygen atoms in total. The van der Waals surface area contributed by atoms with Crippen LogP contribution < -0.4 is 5.32 Å². The van der Waals surface area contributed by atoms with E-state index in [9.17, 15) is 18.8 Å². The van der Waals surface area contributed by atoms with Gasteiger partial charge in [-0.05, 0) is 35.9 Å². The van der Waals surface area contributed by atoms with E-state index in [0.29, 0.717) is 5.69 Å². The van der Waals surface area contributed by atoms with Crippen molar-refractivity contribution in [3.63, 3.8) is 0 Å². The van der Waals surface area contributed by atoms with Crippen LogP contribution in [0.2, 0.25) is 0 Å². The Balaban J connectivity index is 1.42. The Morgan fingerprint density at radius 1 is 1.00 bits per heavy atom. The van der Waals surface area contributed by atoms with Gasteiger partial charge in [0.15, 0.2) is 5.69 Å². The summed E-state index contributed by atoms with van der Waals surface area (Å²) in [5.74, 6) is -1.21. The fourth-order valence-electron chi connectivity index (χ4n) is 3.09. The molecule has 3 aromatic rings. The number of aromatic nitrogens is 2. The number of benzene rings is 2. The monoisotopic (exact) mass is 392 g/mol. The van der Waals surface area contributed by atoms with Crippen molar-refractivity contribution < 1.29 is 18.8 Å². The lowest BCUT2D eigenvalue weighted by atomic mass is 10.2. The van der Waals surface area contributed by atoms with Gasteiger partial charge in [0.2, 0.25) is 11.8 Å². The number of carbonyl (C=O) groups is 3. The fourth-order valence-corrected chi connectivity index (χ4v) is 3.09. The number of hydrogen-bond donors (Lipinski definition) is 1. The summed E-state index contributed by atoms with van der Waals surface area (Å²) in [5.41, 5.74) is 1.72. The molecule has 2 aromatic carbocycles. The van der Waals surface area contributed by atoms with Crippen LogP contribution in [0.15, 0.2) is 60.8 Å². The molecular formula is C21H17FN4O3. The summed E-state index contributed by atoms with van der Waals surface area (Å²) in [5, 5.41) is 6.84. The number of imide groups is 1. The molecule has 29 heavy (non-hydrogen) atoms. The molecule has 0 atom stereocenters. The van der Waals surface area contributed by atoms with Crippen LogP contribution in [0.1, 0.15) is 28.9 Å². The Morgan fingerprint density at radius 3 is 2.38 bits per heavy atom. The van der Waals surface area contributed by atoms with Gasteiger partial charge in [-0.2, -0.15) is 5.10 Å². The van der Waals surface area contributed by atoms with Crippen molar-refractivity contribution in [1.29, 1.82) is 0 Å². The van der Waals surface area contributed by atoms with Gasteiger partial charge in [-0.25, -0.2) is 9.07 Å². The highest BCUT2D eigenvalue weighted by atomic mass is 19.1. The van der Waals surface area contributed by atoms with Gasteiger partial charge in [0, 0.05) is 24.7 Å². The van der Waals surface area contributed by atoms with Crippen LogP contribution in [0, 0.1) is 5.82 Å². The normalized spacial score (nSPS) is 13.8. The van der Waals surface area contributed by atoms with Crippen molar-refractivity contribution >= 4 is 23.4 Å². The Hall–Kier alpha value is -3.81. The van der Waals surface area contributed by atoms with Crippen molar-refractivity contribution in [1.82, 2.24) is 14.7 Å². The second-order valence-electron chi connectivity index (χ2n) is 6.62. The van der Waals surface area contributed by atoms with E-state index in [1.54, 1.807) is 42.5 Å². The molecule has 1 fully saturated rings. The number of amides is 3. The molecule has 4 rings (SSSR count). The molecule has 1 aliphatic rings. The highest BCUT2D eigenvalue weighted by Crippen LogP contribution is 2.18. The SMILES string of the molecule is O=C(Nc1ccc(CN2C(=O)CCC2=O)cc1)c1ccn(-c2ccccc2F)n1. The number of para-hydroxylation sites is 1. The molecular weight excluding hydrogens is 375 g/mol. The quantitative estimate of drug-likeness (QED) is 0.677. The zero-order valence-corrected chi connectivity index (χ0v) is 15.3. The summed E-state index contributed by atoms with van der Waals surface area (Å²) in [4.78, 5) is 37.1. The molecule has 1 N–H and O–H groups in total. The lowest BCUT2D eigenvalue weighted by Crippen LogP contribution is -2.28. The minimum absolute atomic E-state index is 0.144. The minimum atomic E-state index is -0.437. The summed E-state index contributed by atoms with van der Waals surface area (Å²) >= 11 is 0. The third-order valence-electron chi connectivity index (χ3n) is 4.63. The zero-order valence-electron chi connectivity index (χ0n) is 15.3. The Bertz CT molecular complexity index is 1080. The Morgan fingerprint density at radius 2 is 1.69 bits per heavy atom. The van der Waals surface area contributed by atoms with Crippen LogP contribution in [0.25, 0.3) is 5.69 Å². The third-order valence-corrected chi connectivity index (χ3v) is 4.63. The molecule has 1 saturated heterocycles. The summed E-state index contributed by atoms with van der Waals surface area (Å²) in [6.07, 6.45) is 2.03. The summed E-state index contributed by atoms with van der Waals surface area (Å²) in [7, 11) is 0. The van der Waals surface area contributed by atoms with Gasteiger partial charge in [0.05, 0.1) is 6.54 Å². The van der Waals surface area contributed by atoms with Gasteiger partial charge in [0.25, 0.3) is 5.91 Å². The number of rotatable bonds is 5. The van der Waals surface area contributed by atoms with Crippen molar-refractivity contribution in [3.05, 3.63) is 77.9 Å². The zero-order chi connectivity index (χ0) is 20.4. The van der Waals surface area contributed by atoms with Crippen LogP contribution in [0.3, 0.4) is 0 Å². The highest BCUT2D eigenvalue weighted by molar-refractivity contribution is 6.03. The van der Waals surface area contributed by atoms with Gasteiger partial charge >= 0.3 is 0 Å². The maximum absolute atomic E-state index is 13.9. The van der Waals surface area contributed by atoms with Crippen LogP contribution in [-0.4, -0.2) is 32.4 Å². The fraction of sp³-hybridized carbons (Fsp3) is 0.143. The maximum atomic E-state index is 13.9. The first-order valence-electron chi connectivity index (χ1n) is 9.05. The topological polar surface area (TPSA) is 84.3 Å². The van der Waals surface area contributed by atoms with E-state index in [2.05, 4.69) is 10.4 Å². The lowest BCUT2D eigenvalue weighted by Gasteiger charge is -2.14. The van der Waals surface area contributed by atoms with E-state index >= 15 is 0 Å². The van der Waals surface area contributed by atoms with Gasteiger partial charge in [-0.3, -0.25) is 19.3 Å². The smallest absolute Gasteiger partial charge is 0.276 e. The Labute approximate surface area is 165 Å². The molecule has 0 unspecified atom stereocenters. The predicted octanol–water partition coefficient (Wildman–Crippen LogP) is 2.91. The van der Waals surface area contributed by atoms with Gasteiger partial charge in [-0.1, -0.05) is 24.3 Å². The van der Waals surface area contributed by atoms with Crippen molar-refractivity contribution in [2.75, 3.05) is 5.32 Å². The third kappa shape index (κ3) is 3.91. The van der Waals surface area contributed by atoms with E-state index in [-0.39, 0.29) is 42.6 Å². The molecule has 0 spiro atoms. The maximum Gasteiger partial charge on any atom is 0.276 e. The summed E-state index contributed by atoms with van der Waals surface area (Å²) in [6.45, 7) is 0.221. The van der Waals surface area contributed by atoms with E-state index in [1.807, 2.05) is 0 Å². The predicted molar refractivity (Wildman–Crippen MR) is 103 cm³/mol. The van der Waals surface area contributed by atoms with Crippen LogP contribution in [0.5, 0.6) is 0 Å². The number of carbonyl (C=O) groups excluding carboxylic acids is 3. The number of hydrogen-bond acceptors (Lipinski definition) is 4. The molecule has 1 aliphatic heterocycles. The second-order valence-corrected chi connectivity index (χ2v) is 6.62. The highest BCUT2D eigenvalue weighted by Gasteiger charge is 2.28. The molecule has 0 aliphatic carbocycles. The van der Waals surface area contributed by atoms with Gasteiger partial charge in [-0.15, -0.1) is 0 Å². The van der Waals surface area contributed by atoms with Crippen molar-refractivity contribution in [2.24, 2.45) is 0 Å². The molecule has 0 saturated carbocycles. The van der Waals surface area contributed by atoms with E-state index in [1.165, 1.54) is 27.9 Å². The number of anilines is 1. The number of halogens is 1.